The fourth-order valence-corrected chi connectivity index (χ4v) is 3.72. The predicted octanol–water partition coefficient (Wildman–Crippen LogP) is 2.76. The third-order valence-corrected chi connectivity index (χ3v) is 5.56. The number of rotatable bonds is 6. The lowest BCUT2D eigenvalue weighted by molar-refractivity contribution is -0.117. The minimum atomic E-state index is -4.16. The summed E-state index contributed by atoms with van der Waals surface area (Å²) in [6.07, 6.45) is 0. The quantitative estimate of drug-likeness (QED) is 0.807. The number of hydrogen-bond acceptors (Lipinski definition) is 4. The van der Waals surface area contributed by atoms with E-state index in [4.69, 9.17) is 4.74 Å². The predicted molar refractivity (Wildman–Crippen MR) is 97.3 cm³/mol. The van der Waals surface area contributed by atoms with Crippen LogP contribution in [0.3, 0.4) is 0 Å². The molecule has 2 aromatic carbocycles. The number of benzene rings is 2. The van der Waals surface area contributed by atoms with Gasteiger partial charge in [0.2, 0.25) is 15.9 Å². The third-order valence-electron chi connectivity index (χ3n) is 4.00. The molecular formula is C18H21FN2O4S. The highest BCUT2D eigenvalue weighted by atomic mass is 32.2. The molecule has 0 saturated heterocycles. The van der Waals surface area contributed by atoms with Crippen LogP contribution in [0.15, 0.2) is 41.3 Å². The second-order valence-electron chi connectivity index (χ2n) is 5.87. The van der Waals surface area contributed by atoms with Gasteiger partial charge < -0.3 is 10.1 Å². The van der Waals surface area contributed by atoms with Crippen LogP contribution in [-0.2, 0) is 14.8 Å². The number of aryl methyl sites for hydroxylation is 1. The molecule has 8 heteroatoms. The monoisotopic (exact) mass is 380 g/mol. The molecule has 2 aromatic rings. The number of carbonyl (C=O) groups excluding carboxylic acids is 1. The van der Waals surface area contributed by atoms with Gasteiger partial charge in [-0.2, -0.15) is 4.72 Å². The molecule has 0 aromatic heterocycles. The second kappa shape index (κ2) is 7.84. The van der Waals surface area contributed by atoms with Gasteiger partial charge in [0.05, 0.1) is 13.2 Å². The van der Waals surface area contributed by atoms with Crippen molar-refractivity contribution >= 4 is 21.6 Å². The number of nitrogens with one attached hydrogen (secondary N) is 2. The lowest BCUT2D eigenvalue weighted by atomic mass is 10.1. The van der Waals surface area contributed by atoms with E-state index in [1.165, 1.54) is 20.1 Å². The molecule has 0 aliphatic heterocycles. The van der Waals surface area contributed by atoms with Crippen molar-refractivity contribution < 1.29 is 22.3 Å². The molecule has 26 heavy (non-hydrogen) atoms. The lowest BCUT2D eigenvalue weighted by Crippen LogP contribution is -2.41. The first-order valence-corrected chi connectivity index (χ1v) is 9.37. The number of carbonyl (C=O) groups is 1. The van der Waals surface area contributed by atoms with Gasteiger partial charge in [-0.1, -0.05) is 12.1 Å². The molecule has 2 N–H and O–H groups in total. The van der Waals surface area contributed by atoms with Gasteiger partial charge in [-0.15, -0.1) is 0 Å². The summed E-state index contributed by atoms with van der Waals surface area (Å²) in [5, 5.41) is 2.69. The van der Waals surface area contributed by atoms with Gasteiger partial charge in [0.25, 0.3) is 0 Å². The van der Waals surface area contributed by atoms with Crippen molar-refractivity contribution in [2.45, 2.75) is 31.7 Å². The van der Waals surface area contributed by atoms with E-state index in [0.717, 1.165) is 23.3 Å². The molecule has 0 fully saturated rings. The maximum Gasteiger partial charge on any atom is 0.245 e. The van der Waals surface area contributed by atoms with Crippen LogP contribution in [0.4, 0.5) is 10.1 Å². The van der Waals surface area contributed by atoms with Gasteiger partial charge in [0.1, 0.15) is 16.5 Å². The Labute approximate surface area is 152 Å². The van der Waals surface area contributed by atoms with Crippen molar-refractivity contribution in [3.05, 3.63) is 53.3 Å². The van der Waals surface area contributed by atoms with Crippen LogP contribution in [0, 0.1) is 19.7 Å². The lowest BCUT2D eigenvalue weighted by Gasteiger charge is -2.17. The maximum absolute atomic E-state index is 13.5. The minimum absolute atomic E-state index is 0.0129. The molecule has 0 bridgehead atoms. The Kier molecular flexibility index (Phi) is 5.99. The average Bonchev–Trinajstić information content (AvgIpc) is 2.58. The Morgan fingerprint density at radius 3 is 2.54 bits per heavy atom. The highest BCUT2D eigenvalue weighted by Gasteiger charge is 2.26. The van der Waals surface area contributed by atoms with Crippen LogP contribution in [0.25, 0.3) is 0 Å². The van der Waals surface area contributed by atoms with Crippen LogP contribution in [0.5, 0.6) is 5.75 Å². The molecule has 1 unspecified atom stereocenters. The number of methoxy groups -OCH3 is 1. The highest BCUT2D eigenvalue weighted by molar-refractivity contribution is 7.89. The fraction of sp³-hybridized carbons (Fsp3) is 0.278. The van der Waals surface area contributed by atoms with Crippen molar-refractivity contribution in [3.8, 4) is 5.75 Å². The number of amides is 1. The smallest absolute Gasteiger partial charge is 0.245 e. The Balaban J connectivity index is 2.20. The van der Waals surface area contributed by atoms with Crippen LogP contribution >= 0.6 is 0 Å². The van der Waals surface area contributed by atoms with E-state index in [0.29, 0.717) is 5.69 Å². The first-order chi connectivity index (χ1) is 12.2. The number of anilines is 1. The Bertz CT molecular complexity index is 929. The zero-order chi connectivity index (χ0) is 19.5. The number of sulfonamides is 1. The standard InChI is InChI=1S/C18H21FN2O4S/c1-11-6-5-7-15(12(11)2)20-18(22)13(3)21-26(23,24)17-10-14(19)8-9-16(17)25-4/h5-10,13,21H,1-4H3,(H,20,22). The van der Waals surface area contributed by atoms with Crippen molar-refractivity contribution in [1.29, 1.82) is 0 Å². The maximum atomic E-state index is 13.5. The Hall–Kier alpha value is -2.45. The molecule has 0 radical (unpaired) electrons. The molecule has 1 amide bonds. The summed E-state index contributed by atoms with van der Waals surface area (Å²) in [6.45, 7) is 5.18. The molecule has 2 rings (SSSR count). The molecular weight excluding hydrogens is 359 g/mol. The molecule has 1 atom stereocenters. The summed E-state index contributed by atoms with van der Waals surface area (Å²) < 4.78 is 45.7. The van der Waals surface area contributed by atoms with Crippen LogP contribution in [0.1, 0.15) is 18.1 Å². The summed E-state index contributed by atoms with van der Waals surface area (Å²) >= 11 is 0. The van der Waals surface area contributed by atoms with Crippen molar-refractivity contribution in [3.63, 3.8) is 0 Å². The highest BCUT2D eigenvalue weighted by Crippen LogP contribution is 2.24. The van der Waals surface area contributed by atoms with E-state index in [-0.39, 0.29) is 10.6 Å². The first kappa shape index (κ1) is 19.9. The average molecular weight is 380 g/mol. The molecule has 0 saturated carbocycles. The van der Waals surface area contributed by atoms with Gasteiger partial charge in [0, 0.05) is 5.69 Å². The van der Waals surface area contributed by atoms with E-state index in [2.05, 4.69) is 10.0 Å². The van der Waals surface area contributed by atoms with Gasteiger partial charge in [-0.05, 0) is 56.2 Å². The topological polar surface area (TPSA) is 84.5 Å². The van der Waals surface area contributed by atoms with Gasteiger partial charge in [-0.3, -0.25) is 4.79 Å². The van der Waals surface area contributed by atoms with Crippen molar-refractivity contribution in [2.75, 3.05) is 12.4 Å². The molecule has 140 valence electrons. The van der Waals surface area contributed by atoms with Crippen molar-refractivity contribution in [1.82, 2.24) is 4.72 Å². The Morgan fingerprint density at radius 1 is 1.19 bits per heavy atom. The second-order valence-corrected chi connectivity index (χ2v) is 7.56. The largest absolute Gasteiger partial charge is 0.495 e. The number of hydrogen-bond donors (Lipinski definition) is 2. The molecule has 0 heterocycles. The summed E-state index contributed by atoms with van der Waals surface area (Å²) in [6, 6.07) is 7.51. The summed E-state index contributed by atoms with van der Waals surface area (Å²) in [5.41, 5.74) is 2.49. The van der Waals surface area contributed by atoms with E-state index in [9.17, 15) is 17.6 Å². The summed E-state index contributed by atoms with van der Waals surface area (Å²) in [7, 11) is -2.88. The number of halogens is 1. The zero-order valence-corrected chi connectivity index (χ0v) is 15.8. The van der Waals surface area contributed by atoms with Gasteiger partial charge in [0.15, 0.2) is 0 Å². The molecule has 6 nitrogen and oxygen atoms in total. The van der Waals surface area contributed by atoms with Crippen LogP contribution in [-0.4, -0.2) is 27.5 Å². The van der Waals surface area contributed by atoms with E-state index < -0.39 is 27.8 Å². The fourth-order valence-electron chi connectivity index (χ4n) is 2.34. The van der Waals surface area contributed by atoms with Crippen LogP contribution < -0.4 is 14.8 Å². The Morgan fingerprint density at radius 2 is 1.88 bits per heavy atom. The van der Waals surface area contributed by atoms with Crippen molar-refractivity contribution in [2.24, 2.45) is 0 Å². The molecule has 0 spiro atoms. The number of ether oxygens (including phenoxy) is 1. The summed E-state index contributed by atoms with van der Waals surface area (Å²) in [5.74, 6) is -1.27. The third kappa shape index (κ3) is 4.39. The molecule has 0 aliphatic carbocycles. The van der Waals surface area contributed by atoms with Gasteiger partial charge >= 0.3 is 0 Å². The van der Waals surface area contributed by atoms with Gasteiger partial charge in [-0.25, -0.2) is 12.8 Å². The van der Waals surface area contributed by atoms with E-state index >= 15 is 0 Å². The van der Waals surface area contributed by atoms with E-state index in [1.807, 2.05) is 19.9 Å². The van der Waals surface area contributed by atoms with E-state index in [1.54, 1.807) is 12.1 Å². The normalized spacial score (nSPS) is 12.5. The summed E-state index contributed by atoms with van der Waals surface area (Å²) in [4.78, 5) is 12.0. The van der Waals surface area contributed by atoms with Crippen LogP contribution in [0.2, 0.25) is 0 Å². The minimum Gasteiger partial charge on any atom is -0.495 e. The molecule has 0 aliphatic rings. The first-order valence-electron chi connectivity index (χ1n) is 7.88. The zero-order valence-electron chi connectivity index (χ0n) is 15.0. The SMILES string of the molecule is COc1ccc(F)cc1S(=O)(=O)NC(C)C(=O)Nc1cccc(C)c1C.